The molecule has 0 saturated heterocycles. The first-order valence-electron chi connectivity index (χ1n) is 4.11. The quantitative estimate of drug-likeness (QED) is 0.743. The molecule has 0 bridgehead atoms. The van der Waals surface area contributed by atoms with Crippen LogP contribution in [0.15, 0.2) is 24.3 Å². The summed E-state index contributed by atoms with van der Waals surface area (Å²) in [6.07, 6.45) is 0.363. The van der Waals surface area contributed by atoms with E-state index in [0.29, 0.717) is 12.0 Å². The molecule has 0 aliphatic heterocycles. The largest absolute Gasteiger partial charge is 0.508 e. The monoisotopic (exact) mass is 180 g/mol. The van der Waals surface area contributed by atoms with Crippen LogP contribution in [0.1, 0.15) is 12.5 Å². The Labute approximate surface area is 76.6 Å². The SMILES string of the molecule is C[C@H](Cc1ccccc1O)C(=O)O. The summed E-state index contributed by atoms with van der Waals surface area (Å²) in [5.74, 6) is -1.15. The van der Waals surface area contributed by atoms with Gasteiger partial charge >= 0.3 is 5.97 Å². The van der Waals surface area contributed by atoms with Gasteiger partial charge in [-0.3, -0.25) is 4.79 Å². The Morgan fingerprint density at radius 1 is 1.46 bits per heavy atom. The second-order valence-electron chi connectivity index (χ2n) is 3.07. The number of hydrogen-bond acceptors (Lipinski definition) is 2. The molecule has 0 fully saturated rings. The van der Waals surface area contributed by atoms with Crippen LogP contribution in [-0.4, -0.2) is 16.2 Å². The molecule has 0 heterocycles. The van der Waals surface area contributed by atoms with E-state index in [4.69, 9.17) is 5.11 Å². The number of carbonyl (C=O) groups is 1. The number of benzene rings is 1. The van der Waals surface area contributed by atoms with E-state index in [1.54, 1.807) is 31.2 Å². The summed E-state index contributed by atoms with van der Waals surface area (Å²) in [7, 11) is 0. The van der Waals surface area contributed by atoms with Crippen molar-refractivity contribution in [2.45, 2.75) is 13.3 Å². The van der Waals surface area contributed by atoms with Crippen molar-refractivity contribution < 1.29 is 15.0 Å². The highest BCUT2D eigenvalue weighted by atomic mass is 16.4. The lowest BCUT2D eigenvalue weighted by molar-refractivity contribution is -0.141. The maximum Gasteiger partial charge on any atom is 0.306 e. The second kappa shape index (κ2) is 3.94. The van der Waals surface area contributed by atoms with Gasteiger partial charge in [0.2, 0.25) is 0 Å². The normalized spacial score (nSPS) is 12.4. The number of rotatable bonds is 3. The molecule has 1 atom stereocenters. The lowest BCUT2D eigenvalue weighted by atomic mass is 10.0. The Morgan fingerprint density at radius 2 is 2.08 bits per heavy atom. The molecule has 0 saturated carbocycles. The molecule has 0 aromatic heterocycles. The summed E-state index contributed by atoms with van der Waals surface area (Å²) in [5, 5.41) is 18.0. The molecule has 13 heavy (non-hydrogen) atoms. The summed E-state index contributed by atoms with van der Waals surface area (Å²) in [6, 6.07) is 6.78. The molecular weight excluding hydrogens is 168 g/mol. The van der Waals surface area contributed by atoms with Crippen molar-refractivity contribution in [1.29, 1.82) is 0 Å². The Bertz CT molecular complexity index is 307. The first kappa shape index (κ1) is 9.58. The van der Waals surface area contributed by atoms with Crippen molar-refractivity contribution >= 4 is 5.97 Å². The van der Waals surface area contributed by atoms with E-state index < -0.39 is 11.9 Å². The van der Waals surface area contributed by atoms with E-state index in [2.05, 4.69) is 0 Å². The summed E-state index contributed by atoms with van der Waals surface area (Å²) < 4.78 is 0. The number of aromatic hydroxyl groups is 1. The molecule has 0 radical (unpaired) electrons. The lowest BCUT2D eigenvalue weighted by Gasteiger charge is -2.07. The highest BCUT2D eigenvalue weighted by molar-refractivity contribution is 5.70. The standard InChI is InChI=1S/C10H12O3/c1-7(10(12)13)6-8-4-2-3-5-9(8)11/h2-5,7,11H,6H2,1H3,(H,12,13)/t7-/m1/s1. The average molecular weight is 180 g/mol. The summed E-state index contributed by atoms with van der Waals surface area (Å²) in [6.45, 7) is 1.62. The van der Waals surface area contributed by atoms with Crippen molar-refractivity contribution in [2.75, 3.05) is 0 Å². The molecule has 0 aliphatic carbocycles. The van der Waals surface area contributed by atoms with Gasteiger partial charge in [0.25, 0.3) is 0 Å². The zero-order valence-corrected chi connectivity index (χ0v) is 7.40. The molecule has 3 nitrogen and oxygen atoms in total. The number of carboxylic acid groups (broad SMARTS) is 1. The summed E-state index contributed by atoms with van der Waals surface area (Å²) in [4.78, 5) is 10.5. The van der Waals surface area contributed by atoms with Gasteiger partial charge in [-0.25, -0.2) is 0 Å². The molecule has 70 valence electrons. The third kappa shape index (κ3) is 2.47. The Hall–Kier alpha value is -1.51. The van der Waals surface area contributed by atoms with Crippen molar-refractivity contribution in [1.82, 2.24) is 0 Å². The predicted molar refractivity (Wildman–Crippen MR) is 48.6 cm³/mol. The molecule has 1 rings (SSSR count). The van der Waals surface area contributed by atoms with Crippen LogP contribution in [0.5, 0.6) is 5.75 Å². The minimum absolute atomic E-state index is 0.163. The summed E-state index contributed by atoms with van der Waals surface area (Å²) in [5.41, 5.74) is 0.678. The van der Waals surface area contributed by atoms with Crippen molar-refractivity contribution in [2.24, 2.45) is 5.92 Å². The lowest BCUT2D eigenvalue weighted by Crippen LogP contribution is -2.12. The van der Waals surface area contributed by atoms with Crippen molar-refractivity contribution in [3.8, 4) is 5.75 Å². The number of phenols is 1. The number of carboxylic acids is 1. The van der Waals surface area contributed by atoms with E-state index >= 15 is 0 Å². The van der Waals surface area contributed by atoms with E-state index in [0.717, 1.165) is 0 Å². The number of aliphatic carboxylic acids is 1. The second-order valence-corrected chi connectivity index (χ2v) is 3.07. The molecule has 1 aromatic carbocycles. The van der Waals surface area contributed by atoms with Gasteiger partial charge in [0, 0.05) is 0 Å². The Kier molecular flexibility index (Phi) is 2.90. The first-order valence-corrected chi connectivity index (χ1v) is 4.11. The van der Waals surface area contributed by atoms with Crippen LogP contribution in [0.25, 0.3) is 0 Å². The molecule has 1 aromatic rings. The van der Waals surface area contributed by atoms with E-state index in [-0.39, 0.29) is 5.75 Å². The van der Waals surface area contributed by atoms with Crippen LogP contribution in [0, 0.1) is 5.92 Å². The zero-order chi connectivity index (χ0) is 9.84. The van der Waals surface area contributed by atoms with Crippen molar-refractivity contribution in [3.05, 3.63) is 29.8 Å². The van der Waals surface area contributed by atoms with Gasteiger partial charge in [0.15, 0.2) is 0 Å². The molecule has 0 amide bonds. The van der Waals surface area contributed by atoms with Crippen LogP contribution >= 0.6 is 0 Å². The Balaban J connectivity index is 2.74. The minimum atomic E-state index is -0.844. The smallest absolute Gasteiger partial charge is 0.306 e. The van der Waals surface area contributed by atoms with Crippen molar-refractivity contribution in [3.63, 3.8) is 0 Å². The van der Waals surface area contributed by atoms with Crippen LogP contribution < -0.4 is 0 Å². The van der Waals surface area contributed by atoms with E-state index in [9.17, 15) is 9.90 Å². The first-order chi connectivity index (χ1) is 6.11. The highest BCUT2D eigenvalue weighted by Crippen LogP contribution is 2.19. The predicted octanol–water partition coefficient (Wildman–Crippen LogP) is 1.66. The van der Waals surface area contributed by atoms with Gasteiger partial charge in [0.1, 0.15) is 5.75 Å². The molecule has 0 spiro atoms. The van der Waals surface area contributed by atoms with Gasteiger partial charge in [-0.15, -0.1) is 0 Å². The van der Waals surface area contributed by atoms with E-state index in [1.807, 2.05) is 0 Å². The summed E-state index contributed by atoms with van der Waals surface area (Å²) >= 11 is 0. The third-order valence-electron chi connectivity index (χ3n) is 1.94. The average Bonchev–Trinajstić information content (AvgIpc) is 2.08. The fourth-order valence-electron chi connectivity index (χ4n) is 1.10. The number of para-hydroxylation sites is 1. The molecular formula is C10H12O3. The molecule has 3 heteroatoms. The van der Waals surface area contributed by atoms with E-state index in [1.165, 1.54) is 0 Å². The van der Waals surface area contributed by atoms with Gasteiger partial charge in [-0.1, -0.05) is 25.1 Å². The highest BCUT2D eigenvalue weighted by Gasteiger charge is 2.13. The van der Waals surface area contributed by atoms with Gasteiger partial charge in [-0.05, 0) is 18.1 Å². The third-order valence-corrected chi connectivity index (χ3v) is 1.94. The van der Waals surface area contributed by atoms with Crippen LogP contribution in [0.3, 0.4) is 0 Å². The fraction of sp³-hybridized carbons (Fsp3) is 0.300. The maximum absolute atomic E-state index is 10.5. The fourth-order valence-corrected chi connectivity index (χ4v) is 1.10. The molecule has 2 N–H and O–H groups in total. The minimum Gasteiger partial charge on any atom is -0.508 e. The number of hydrogen-bond donors (Lipinski definition) is 2. The Morgan fingerprint density at radius 3 is 2.62 bits per heavy atom. The van der Waals surface area contributed by atoms with Crippen LogP contribution in [0.2, 0.25) is 0 Å². The van der Waals surface area contributed by atoms with Gasteiger partial charge in [-0.2, -0.15) is 0 Å². The van der Waals surface area contributed by atoms with Gasteiger partial charge in [0.05, 0.1) is 5.92 Å². The zero-order valence-electron chi connectivity index (χ0n) is 7.40. The topological polar surface area (TPSA) is 57.5 Å². The van der Waals surface area contributed by atoms with Crippen LogP contribution in [0.4, 0.5) is 0 Å². The number of phenolic OH excluding ortho intramolecular Hbond substituents is 1. The van der Waals surface area contributed by atoms with Gasteiger partial charge < -0.3 is 10.2 Å². The maximum atomic E-state index is 10.5. The molecule has 0 unspecified atom stereocenters. The molecule has 0 aliphatic rings. The van der Waals surface area contributed by atoms with Crippen LogP contribution in [-0.2, 0) is 11.2 Å².